The van der Waals surface area contributed by atoms with E-state index in [1.807, 2.05) is 18.2 Å². The Kier molecular flexibility index (Phi) is 5.60. The molecule has 3 rings (SSSR count). The molecular weight excluding hydrogens is 325 g/mol. The summed E-state index contributed by atoms with van der Waals surface area (Å²) in [4.78, 5) is 14.6. The number of carbonyl (C=O) groups is 1. The van der Waals surface area contributed by atoms with E-state index >= 15 is 0 Å². The zero-order valence-electron chi connectivity index (χ0n) is 13.5. The highest BCUT2D eigenvalue weighted by molar-refractivity contribution is 7.09. The lowest BCUT2D eigenvalue weighted by atomic mass is 10.1. The van der Waals surface area contributed by atoms with Crippen LogP contribution in [0.4, 0.5) is 4.39 Å². The van der Waals surface area contributed by atoms with Gasteiger partial charge in [0, 0.05) is 42.7 Å². The summed E-state index contributed by atoms with van der Waals surface area (Å²) in [6.07, 6.45) is -0.162. The minimum atomic E-state index is -0.744. The molecule has 0 spiro atoms. The Morgan fingerprint density at radius 3 is 2.79 bits per heavy atom. The van der Waals surface area contributed by atoms with Gasteiger partial charge in [0.25, 0.3) is 0 Å². The van der Waals surface area contributed by atoms with E-state index in [9.17, 15) is 9.18 Å². The lowest BCUT2D eigenvalue weighted by Crippen LogP contribution is -2.37. The Balaban J connectivity index is 1.50. The maximum Gasteiger partial charge on any atom is 0.248 e. The Morgan fingerprint density at radius 2 is 2.12 bits per heavy atom. The van der Waals surface area contributed by atoms with E-state index in [1.54, 1.807) is 23.5 Å². The number of likely N-dealkylation sites (tertiary alicyclic amines) is 1. The minimum absolute atomic E-state index is 0.215. The Bertz CT molecular complexity index is 659. The van der Waals surface area contributed by atoms with Crippen molar-refractivity contribution in [3.8, 4) is 0 Å². The van der Waals surface area contributed by atoms with Gasteiger partial charge in [0.1, 0.15) is 6.17 Å². The third kappa shape index (κ3) is 4.41. The summed E-state index contributed by atoms with van der Waals surface area (Å²) in [7, 11) is 0. The molecule has 2 heterocycles. The predicted molar refractivity (Wildman–Crippen MR) is 94.7 cm³/mol. The fraction of sp³-hybridized carbons (Fsp3) is 0.389. The number of hydrogen-bond acceptors (Lipinski definition) is 4. The number of nitrogens with zero attached hydrogens (tertiary/aromatic N) is 1. The molecule has 24 heavy (non-hydrogen) atoms. The van der Waals surface area contributed by atoms with Crippen LogP contribution in [0.25, 0.3) is 0 Å². The van der Waals surface area contributed by atoms with Crippen molar-refractivity contribution in [3.63, 3.8) is 0 Å². The topological polar surface area (TPSA) is 58.4 Å². The molecule has 128 valence electrons. The maximum absolute atomic E-state index is 13.8. The van der Waals surface area contributed by atoms with E-state index in [4.69, 9.17) is 5.73 Å². The van der Waals surface area contributed by atoms with Gasteiger partial charge in [-0.15, -0.1) is 11.3 Å². The Labute approximate surface area is 145 Å². The lowest BCUT2D eigenvalue weighted by Gasteiger charge is -2.23. The molecule has 2 aromatic rings. The molecule has 0 saturated carbocycles. The number of alkyl halides is 1. The van der Waals surface area contributed by atoms with E-state index in [-0.39, 0.29) is 6.04 Å². The number of primary amides is 1. The molecule has 0 unspecified atom stereocenters. The monoisotopic (exact) mass is 347 g/mol. The molecule has 1 aromatic carbocycles. The number of carbonyl (C=O) groups excluding carboxylic acids is 1. The predicted octanol–water partition coefficient (Wildman–Crippen LogP) is 2.55. The van der Waals surface area contributed by atoms with Gasteiger partial charge in [0.15, 0.2) is 0 Å². The number of hydrogen-bond donors (Lipinski definition) is 2. The first-order chi connectivity index (χ1) is 11.6. The molecule has 1 aromatic heterocycles. The van der Waals surface area contributed by atoms with Crippen molar-refractivity contribution < 1.29 is 9.18 Å². The molecule has 3 N–H and O–H groups in total. The fourth-order valence-electron chi connectivity index (χ4n) is 3.10. The van der Waals surface area contributed by atoms with Gasteiger partial charge < -0.3 is 11.1 Å². The van der Waals surface area contributed by atoms with E-state index in [2.05, 4.69) is 21.7 Å². The summed E-state index contributed by atoms with van der Waals surface area (Å²) in [6.45, 7) is 2.78. The molecule has 1 saturated heterocycles. The highest BCUT2D eigenvalue weighted by Crippen LogP contribution is 2.23. The fourth-order valence-corrected chi connectivity index (χ4v) is 3.83. The number of amides is 1. The minimum Gasteiger partial charge on any atom is -0.366 e. The van der Waals surface area contributed by atoms with E-state index in [0.29, 0.717) is 25.1 Å². The first-order valence-corrected chi connectivity index (χ1v) is 9.00. The maximum atomic E-state index is 13.8. The summed E-state index contributed by atoms with van der Waals surface area (Å²) in [6, 6.07) is 11.6. The molecule has 0 radical (unpaired) electrons. The molecule has 4 nitrogen and oxygen atoms in total. The summed E-state index contributed by atoms with van der Waals surface area (Å²) >= 11 is 1.72. The summed E-state index contributed by atoms with van der Waals surface area (Å²) in [5, 5.41) is 5.46. The van der Waals surface area contributed by atoms with Crippen molar-refractivity contribution in [2.45, 2.75) is 31.7 Å². The smallest absolute Gasteiger partial charge is 0.248 e. The molecule has 1 aliphatic heterocycles. The van der Waals surface area contributed by atoms with Gasteiger partial charge in [-0.2, -0.15) is 0 Å². The van der Waals surface area contributed by atoms with Crippen LogP contribution in [0.5, 0.6) is 0 Å². The number of benzene rings is 1. The third-order valence-corrected chi connectivity index (χ3v) is 5.22. The van der Waals surface area contributed by atoms with Gasteiger partial charge in [0.2, 0.25) is 5.91 Å². The number of halogens is 1. The quantitative estimate of drug-likeness (QED) is 0.809. The van der Waals surface area contributed by atoms with E-state index in [1.165, 1.54) is 4.88 Å². The first-order valence-electron chi connectivity index (χ1n) is 8.12. The second kappa shape index (κ2) is 7.88. The SMILES string of the molecule is NC(=O)c1ccc(CNC[C@@H]2C[C@H](F)CN2Cc2cccs2)cc1. The number of thiophene rings is 1. The number of nitrogens with two attached hydrogens (primary N) is 1. The van der Waals surface area contributed by atoms with Crippen molar-refractivity contribution in [1.29, 1.82) is 0 Å². The van der Waals surface area contributed by atoms with Gasteiger partial charge in [-0.25, -0.2) is 4.39 Å². The van der Waals surface area contributed by atoms with Crippen LogP contribution in [-0.4, -0.2) is 36.1 Å². The first kappa shape index (κ1) is 17.1. The molecular formula is C18H22FN3OS. The Hall–Kier alpha value is -1.76. The molecule has 0 bridgehead atoms. The van der Waals surface area contributed by atoms with Crippen LogP contribution >= 0.6 is 11.3 Å². The summed E-state index contributed by atoms with van der Waals surface area (Å²) in [5.41, 5.74) is 6.83. The van der Waals surface area contributed by atoms with Crippen LogP contribution in [0.1, 0.15) is 27.2 Å². The van der Waals surface area contributed by atoms with Crippen molar-refractivity contribution in [2.24, 2.45) is 5.73 Å². The second-order valence-electron chi connectivity index (χ2n) is 6.19. The van der Waals surface area contributed by atoms with Crippen molar-refractivity contribution in [1.82, 2.24) is 10.2 Å². The average molecular weight is 347 g/mol. The van der Waals surface area contributed by atoms with Crippen LogP contribution in [-0.2, 0) is 13.1 Å². The van der Waals surface area contributed by atoms with Gasteiger partial charge in [-0.1, -0.05) is 18.2 Å². The van der Waals surface area contributed by atoms with Crippen LogP contribution in [0.15, 0.2) is 41.8 Å². The zero-order chi connectivity index (χ0) is 16.9. The molecule has 2 atom stereocenters. The third-order valence-electron chi connectivity index (χ3n) is 4.36. The van der Waals surface area contributed by atoms with Crippen LogP contribution < -0.4 is 11.1 Å². The highest BCUT2D eigenvalue weighted by atomic mass is 32.1. The second-order valence-corrected chi connectivity index (χ2v) is 7.22. The molecule has 6 heteroatoms. The van der Waals surface area contributed by atoms with Crippen molar-refractivity contribution in [3.05, 3.63) is 57.8 Å². The van der Waals surface area contributed by atoms with Crippen LogP contribution in [0.2, 0.25) is 0 Å². The number of rotatable bonds is 7. The van der Waals surface area contributed by atoms with Gasteiger partial charge in [-0.3, -0.25) is 9.69 Å². The van der Waals surface area contributed by atoms with E-state index in [0.717, 1.165) is 18.7 Å². The normalized spacial score (nSPS) is 21.2. The average Bonchev–Trinajstić information content (AvgIpc) is 3.18. The van der Waals surface area contributed by atoms with Gasteiger partial charge in [0.05, 0.1) is 0 Å². The Morgan fingerprint density at radius 1 is 1.33 bits per heavy atom. The molecule has 1 fully saturated rings. The summed E-state index contributed by atoms with van der Waals surface area (Å²) in [5.74, 6) is -0.418. The highest BCUT2D eigenvalue weighted by Gasteiger charge is 2.31. The van der Waals surface area contributed by atoms with Crippen LogP contribution in [0.3, 0.4) is 0 Å². The van der Waals surface area contributed by atoms with E-state index < -0.39 is 12.1 Å². The van der Waals surface area contributed by atoms with Crippen LogP contribution in [0, 0.1) is 0 Å². The molecule has 1 amide bonds. The standard InChI is InChI=1S/C18H22FN3OS/c19-15-8-16(22(11-15)12-17-2-1-7-24-17)10-21-9-13-3-5-14(6-4-13)18(20)23/h1-7,15-16,21H,8-12H2,(H2,20,23)/t15-,16-/m0/s1. The molecule has 1 aliphatic rings. The van der Waals surface area contributed by atoms with Crippen molar-refractivity contribution >= 4 is 17.2 Å². The lowest BCUT2D eigenvalue weighted by molar-refractivity contribution is 0.100. The summed E-state index contributed by atoms with van der Waals surface area (Å²) < 4.78 is 13.8. The van der Waals surface area contributed by atoms with Gasteiger partial charge in [-0.05, 0) is 35.6 Å². The zero-order valence-corrected chi connectivity index (χ0v) is 14.3. The molecule has 0 aliphatic carbocycles. The van der Waals surface area contributed by atoms with Gasteiger partial charge >= 0.3 is 0 Å². The number of nitrogens with one attached hydrogen (secondary N) is 1. The van der Waals surface area contributed by atoms with Crippen molar-refractivity contribution in [2.75, 3.05) is 13.1 Å². The largest absolute Gasteiger partial charge is 0.366 e.